The van der Waals surface area contributed by atoms with Gasteiger partial charge in [0.25, 0.3) is 5.91 Å². The lowest BCUT2D eigenvalue weighted by molar-refractivity contribution is -0.117. The van der Waals surface area contributed by atoms with Crippen LogP contribution in [0.2, 0.25) is 0 Å². The fourth-order valence-corrected chi connectivity index (χ4v) is 2.65. The predicted octanol–water partition coefficient (Wildman–Crippen LogP) is 3.33. The quantitative estimate of drug-likeness (QED) is 0.786. The highest BCUT2D eigenvalue weighted by molar-refractivity contribution is 6.39. The lowest BCUT2D eigenvalue weighted by Crippen LogP contribution is -2.19. The molecule has 1 amide bonds. The van der Waals surface area contributed by atoms with Gasteiger partial charge in [0, 0.05) is 11.8 Å². The van der Waals surface area contributed by atoms with Gasteiger partial charge in [-0.05, 0) is 29.3 Å². The number of anilines is 1. The maximum absolute atomic E-state index is 12.3. The minimum Gasteiger partial charge on any atom is -0.497 e. The molecular weight excluding hydrogens is 262 g/mol. The molecule has 0 N–H and O–H groups in total. The van der Waals surface area contributed by atoms with E-state index in [0.717, 1.165) is 22.6 Å². The number of ether oxygens (including phenoxy) is 1. The molecule has 0 bridgehead atoms. The summed E-state index contributed by atoms with van der Waals surface area (Å²) >= 11 is 6.06. The number of amides is 1. The third-order valence-corrected chi connectivity index (χ3v) is 3.70. The summed E-state index contributed by atoms with van der Waals surface area (Å²) in [6.45, 7) is 0. The van der Waals surface area contributed by atoms with E-state index in [9.17, 15) is 4.79 Å². The molecule has 1 heterocycles. The highest BCUT2D eigenvalue weighted by Gasteiger charge is 2.37. The van der Waals surface area contributed by atoms with Crippen molar-refractivity contribution < 1.29 is 9.53 Å². The fourth-order valence-electron chi connectivity index (χ4n) is 2.39. The Bertz CT molecular complexity index is 624. The Labute approximate surface area is 116 Å². The third-order valence-electron chi connectivity index (χ3n) is 3.35. The molecule has 3 rings (SSSR count). The Morgan fingerprint density at radius 2 is 1.79 bits per heavy atom. The summed E-state index contributed by atoms with van der Waals surface area (Å²) in [5.41, 5.74) is 2.61. The highest BCUT2D eigenvalue weighted by Crippen LogP contribution is 2.42. The van der Waals surface area contributed by atoms with Crippen LogP contribution in [0.1, 0.15) is 17.0 Å². The first-order chi connectivity index (χ1) is 9.22. The molecule has 19 heavy (non-hydrogen) atoms. The number of para-hydroxylation sites is 1. The van der Waals surface area contributed by atoms with E-state index in [-0.39, 0.29) is 11.8 Å². The zero-order valence-corrected chi connectivity index (χ0v) is 11.1. The predicted molar refractivity (Wildman–Crippen MR) is 74.6 cm³/mol. The lowest BCUT2D eigenvalue weighted by atomic mass is 9.93. The molecule has 1 aliphatic heterocycles. The summed E-state index contributed by atoms with van der Waals surface area (Å²) < 4.78 is 6.33. The molecule has 96 valence electrons. The van der Waals surface area contributed by atoms with Crippen molar-refractivity contribution in [2.24, 2.45) is 0 Å². The van der Waals surface area contributed by atoms with E-state index in [1.165, 1.54) is 4.42 Å². The van der Waals surface area contributed by atoms with Crippen LogP contribution in [-0.4, -0.2) is 13.0 Å². The topological polar surface area (TPSA) is 29.5 Å². The number of carbonyl (C=O) groups is 1. The highest BCUT2D eigenvalue weighted by atomic mass is 35.5. The van der Waals surface area contributed by atoms with Gasteiger partial charge < -0.3 is 4.74 Å². The molecule has 0 saturated heterocycles. The first-order valence-electron chi connectivity index (χ1n) is 5.95. The average Bonchev–Trinajstić information content (AvgIpc) is 2.72. The second kappa shape index (κ2) is 4.59. The van der Waals surface area contributed by atoms with Crippen LogP contribution < -0.4 is 9.16 Å². The van der Waals surface area contributed by atoms with Gasteiger partial charge in [0.2, 0.25) is 0 Å². The Balaban J connectivity index is 2.07. The second-order valence-electron chi connectivity index (χ2n) is 4.38. The fraction of sp³-hybridized carbons (Fsp3) is 0.133. The Kier molecular flexibility index (Phi) is 2.91. The van der Waals surface area contributed by atoms with E-state index < -0.39 is 0 Å². The van der Waals surface area contributed by atoms with Crippen LogP contribution in [0.25, 0.3) is 0 Å². The van der Waals surface area contributed by atoms with E-state index in [1.807, 2.05) is 48.5 Å². The van der Waals surface area contributed by atoms with Gasteiger partial charge in [-0.3, -0.25) is 4.79 Å². The zero-order chi connectivity index (χ0) is 13.4. The van der Waals surface area contributed by atoms with Crippen LogP contribution >= 0.6 is 11.8 Å². The van der Waals surface area contributed by atoms with Crippen LogP contribution in [0, 0.1) is 0 Å². The molecule has 1 aliphatic rings. The molecule has 2 aromatic carbocycles. The summed E-state index contributed by atoms with van der Waals surface area (Å²) in [7, 11) is 1.62. The van der Waals surface area contributed by atoms with Gasteiger partial charge in [0.15, 0.2) is 0 Å². The van der Waals surface area contributed by atoms with E-state index in [1.54, 1.807) is 7.11 Å². The number of nitrogens with zero attached hydrogens (tertiary/aromatic N) is 1. The summed E-state index contributed by atoms with van der Waals surface area (Å²) in [6, 6.07) is 15.1. The largest absolute Gasteiger partial charge is 0.497 e. The van der Waals surface area contributed by atoms with Gasteiger partial charge in [-0.25, -0.2) is 4.42 Å². The molecule has 0 fully saturated rings. The van der Waals surface area contributed by atoms with Crippen molar-refractivity contribution >= 4 is 23.4 Å². The van der Waals surface area contributed by atoms with E-state index in [0.29, 0.717) is 0 Å². The standard InChI is InChI=1S/C15H12ClNO2/c1-19-11-8-6-10(7-9-11)14-12-4-2-3-5-13(12)17(16)15(14)18/h2-9,14H,1H3. The summed E-state index contributed by atoms with van der Waals surface area (Å²) in [4.78, 5) is 12.3. The van der Waals surface area contributed by atoms with Gasteiger partial charge >= 0.3 is 0 Å². The second-order valence-corrected chi connectivity index (χ2v) is 4.72. The molecule has 0 saturated carbocycles. The van der Waals surface area contributed by atoms with Crippen LogP contribution in [0.5, 0.6) is 5.75 Å². The number of halogens is 1. The van der Waals surface area contributed by atoms with Gasteiger partial charge in [-0.15, -0.1) is 0 Å². The third kappa shape index (κ3) is 1.87. The van der Waals surface area contributed by atoms with Crippen molar-refractivity contribution in [2.75, 3.05) is 11.5 Å². The molecular formula is C15H12ClNO2. The minimum absolute atomic E-state index is 0.118. The first kappa shape index (κ1) is 12.1. The molecule has 0 spiro atoms. The molecule has 1 unspecified atom stereocenters. The summed E-state index contributed by atoms with van der Waals surface area (Å²) in [5, 5.41) is 0. The number of benzene rings is 2. The Hall–Kier alpha value is -2.00. The number of hydrogen-bond acceptors (Lipinski definition) is 2. The van der Waals surface area contributed by atoms with E-state index in [2.05, 4.69) is 0 Å². The number of rotatable bonds is 2. The number of fused-ring (bicyclic) bond motifs is 1. The van der Waals surface area contributed by atoms with Crippen molar-refractivity contribution in [3.8, 4) is 5.75 Å². The zero-order valence-electron chi connectivity index (χ0n) is 10.3. The molecule has 0 aromatic heterocycles. The maximum Gasteiger partial charge on any atom is 0.253 e. The number of carbonyl (C=O) groups excluding carboxylic acids is 1. The Morgan fingerprint density at radius 3 is 2.47 bits per heavy atom. The van der Waals surface area contributed by atoms with E-state index in [4.69, 9.17) is 16.5 Å². The molecule has 0 aliphatic carbocycles. The van der Waals surface area contributed by atoms with Crippen LogP contribution in [0.3, 0.4) is 0 Å². The van der Waals surface area contributed by atoms with Crippen molar-refractivity contribution in [2.45, 2.75) is 5.92 Å². The first-order valence-corrected chi connectivity index (χ1v) is 6.29. The average molecular weight is 274 g/mol. The maximum atomic E-state index is 12.3. The molecule has 1 atom stereocenters. The summed E-state index contributed by atoms with van der Waals surface area (Å²) in [5.74, 6) is 0.317. The summed E-state index contributed by atoms with van der Waals surface area (Å²) in [6.07, 6.45) is 0. The Morgan fingerprint density at radius 1 is 1.11 bits per heavy atom. The van der Waals surface area contributed by atoms with E-state index >= 15 is 0 Å². The van der Waals surface area contributed by atoms with Crippen LogP contribution in [0.4, 0.5) is 5.69 Å². The van der Waals surface area contributed by atoms with Crippen LogP contribution in [-0.2, 0) is 4.79 Å². The van der Waals surface area contributed by atoms with Crippen LogP contribution in [0.15, 0.2) is 48.5 Å². The van der Waals surface area contributed by atoms with Crippen molar-refractivity contribution in [1.82, 2.24) is 0 Å². The molecule has 4 heteroatoms. The van der Waals surface area contributed by atoms with Crippen molar-refractivity contribution in [3.63, 3.8) is 0 Å². The molecule has 2 aromatic rings. The normalized spacial score (nSPS) is 17.5. The lowest BCUT2D eigenvalue weighted by Gasteiger charge is -2.10. The van der Waals surface area contributed by atoms with Gasteiger partial charge in [-0.1, -0.05) is 30.3 Å². The number of methoxy groups -OCH3 is 1. The van der Waals surface area contributed by atoms with Crippen molar-refractivity contribution in [1.29, 1.82) is 0 Å². The molecule has 3 nitrogen and oxygen atoms in total. The van der Waals surface area contributed by atoms with Crippen molar-refractivity contribution in [3.05, 3.63) is 59.7 Å². The minimum atomic E-state index is -0.334. The van der Waals surface area contributed by atoms with Gasteiger partial charge in [0.05, 0.1) is 18.7 Å². The molecule has 0 radical (unpaired) electrons. The smallest absolute Gasteiger partial charge is 0.253 e. The monoisotopic (exact) mass is 273 g/mol. The number of hydrogen-bond donors (Lipinski definition) is 0. The van der Waals surface area contributed by atoms with Gasteiger partial charge in [-0.2, -0.15) is 0 Å². The SMILES string of the molecule is COc1ccc(C2C(=O)N(Cl)c3ccccc32)cc1. The van der Waals surface area contributed by atoms with Gasteiger partial charge in [0.1, 0.15) is 5.75 Å².